The van der Waals surface area contributed by atoms with Crippen LogP contribution in [0, 0.1) is 29.1 Å². The predicted octanol–water partition coefficient (Wildman–Crippen LogP) is 4.54. The fourth-order valence-electron chi connectivity index (χ4n) is 3.74. The molecule has 134 valence electrons. The van der Waals surface area contributed by atoms with E-state index >= 15 is 4.39 Å². The number of carboxylic acids is 1. The summed E-state index contributed by atoms with van der Waals surface area (Å²) < 4.78 is 53.0. The van der Waals surface area contributed by atoms with Crippen molar-refractivity contribution in [2.45, 2.75) is 38.5 Å². The molecular weight excluding hydrogens is 338 g/mol. The van der Waals surface area contributed by atoms with Crippen LogP contribution in [0.1, 0.15) is 30.9 Å². The summed E-state index contributed by atoms with van der Waals surface area (Å²) in [6.45, 7) is 4.23. The van der Waals surface area contributed by atoms with Crippen molar-refractivity contribution in [3.05, 3.63) is 47.5 Å². The summed E-state index contributed by atoms with van der Waals surface area (Å²) in [5, 5.41) is 19.3. The van der Waals surface area contributed by atoms with E-state index in [1.54, 1.807) is 25.1 Å². The zero-order valence-electron chi connectivity index (χ0n) is 13.9. The van der Waals surface area contributed by atoms with E-state index in [2.05, 4.69) is 0 Å². The molecule has 0 heterocycles. The zero-order chi connectivity index (χ0) is 19.3. The summed E-state index contributed by atoms with van der Waals surface area (Å²) in [7, 11) is 0. The van der Waals surface area contributed by atoms with E-state index in [0.29, 0.717) is 0 Å². The van der Waals surface area contributed by atoms with Crippen LogP contribution >= 0.6 is 0 Å². The normalized spacial score (nSPS) is 29.2. The number of rotatable bonds is 4. The molecule has 1 aromatic rings. The maximum atomic E-state index is 15.5. The second kappa shape index (κ2) is 5.58. The van der Waals surface area contributed by atoms with Gasteiger partial charge in [0, 0.05) is 11.5 Å². The van der Waals surface area contributed by atoms with Gasteiger partial charge < -0.3 is 5.11 Å². The Labute approximate surface area is 142 Å². The molecule has 0 aromatic heterocycles. The number of benzene rings is 1. The minimum Gasteiger partial charge on any atom is -0.481 e. The number of hydrogen-bond donors (Lipinski definition) is 1. The summed E-state index contributed by atoms with van der Waals surface area (Å²) in [5.74, 6) is -3.08. The minimum atomic E-state index is -4.78. The van der Waals surface area contributed by atoms with Gasteiger partial charge in [-0.3, -0.25) is 4.79 Å². The van der Waals surface area contributed by atoms with Crippen LogP contribution in [0.2, 0.25) is 0 Å². The van der Waals surface area contributed by atoms with Gasteiger partial charge in [-0.25, -0.2) is 4.39 Å². The molecule has 1 aromatic carbocycles. The maximum Gasteiger partial charge on any atom is 0.409 e. The van der Waals surface area contributed by atoms with Crippen LogP contribution in [0.25, 0.3) is 0 Å². The first-order valence-electron chi connectivity index (χ1n) is 7.51. The molecular formula is C18H17F4NO2. The van der Waals surface area contributed by atoms with Gasteiger partial charge >= 0.3 is 12.1 Å². The molecule has 0 aliphatic heterocycles. The van der Waals surface area contributed by atoms with E-state index in [1.807, 2.05) is 0 Å². The molecule has 0 spiro atoms. The Hall–Kier alpha value is -2.36. The van der Waals surface area contributed by atoms with Gasteiger partial charge in [0.25, 0.3) is 0 Å². The molecule has 0 amide bonds. The molecule has 2 rings (SSSR count). The smallest absolute Gasteiger partial charge is 0.409 e. The number of hydrogen-bond acceptors (Lipinski definition) is 2. The third-order valence-electron chi connectivity index (χ3n) is 5.22. The van der Waals surface area contributed by atoms with Gasteiger partial charge in [-0.2, -0.15) is 18.4 Å². The molecule has 0 bridgehead atoms. The Balaban J connectivity index is 2.63. The van der Waals surface area contributed by atoms with Crippen molar-refractivity contribution >= 4 is 5.97 Å². The number of nitriles is 1. The van der Waals surface area contributed by atoms with Crippen LogP contribution in [-0.4, -0.2) is 22.9 Å². The van der Waals surface area contributed by atoms with Crippen molar-refractivity contribution in [3.8, 4) is 6.07 Å². The lowest BCUT2D eigenvalue weighted by Gasteiger charge is -2.21. The molecule has 3 nitrogen and oxygen atoms in total. The number of carboxylic acid groups (broad SMARTS) is 1. The van der Waals surface area contributed by atoms with Gasteiger partial charge in [-0.1, -0.05) is 43.7 Å². The molecule has 1 fully saturated rings. The van der Waals surface area contributed by atoms with E-state index in [1.165, 1.54) is 26.0 Å². The first-order chi connectivity index (χ1) is 11.3. The highest BCUT2D eigenvalue weighted by Crippen LogP contribution is 2.79. The summed E-state index contributed by atoms with van der Waals surface area (Å²) in [5.41, 5.74) is -5.72. The number of allylic oxidation sites excluding steroid dienone is 2. The highest BCUT2D eigenvalue weighted by atomic mass is 19.4. The molecule has 1 aliphatic rings. The van der Waals surface area contributed by atoms with E-state index in [-0.39, 0.29) is 17.7 Å². The van der Waals surface area contributed by atoms with E-state index in [9.17, 15) is 28.3 Å². The standard InChI is InChI=1S/C18H17F4NO2/c1-11-4-6-12(7-5-11)13(10-23)18(14(24)25)15(2,3)16(18,19)8-9-17(20,21)22/h4-9,13H,1-3H3,(H,24,25). The van der Waals surface area contributed by atoms with Gasteiger partial charge in [0.05, 0.1) is 12.0 Å². The summed E-state index contributed by atoms with van der Waals surface area (Å²) in [4.78, 5) is 12.0. The second-order valence-electron chi connectivity index (χ2n) is 6.80. The van der Waals surface area contributed by atoms with Gasteiger partial charge in [-0.15, -0.1) is 0 Å². The quantitative estimate of drug-likeness (QED) is 0.637. The monoisotopic (exact) mass is 355 g/mol. The summed E-state index contributed by atoms with van der Waals surface area (Å²) >= 11 is 0. The van der Waals surface area contributed by atoms with Crippen LogP contribution in [0.4, 0.5) is 17.6 Å². The summed E-state index contributed by atoms with van der Waals surface area (Å²) in [6, 6.07) is 8.06. The molecule has 3 atom stereocenters. The van der Waals surface area contributed by atoms with Gasteiger partial charge in [0.1, 0.15) is 5.41 Å². The largest absolute Gasteiger partial charge is 0.481 e. The van der Waals surface area contributed by atoms with Crippen molar-refractivity contribution in [3.63, 3.8) is 0 Å². The summed E-state index contributed by atoms with van der Waals surface area (Å²) in [6.07, 6.45) is -4.85. The SMILES string of the molecule is Cc1ccc(C(C#N)C2(C(=O)O)C(C)(C)C2(F)C=CC(F)(F)F)cc1. The Morgan fingerprint density at radius 2 is 1.80 bits per heavy atom. The number of aryl methyl sites for hydroxylation is 1. The number of nitrogens with zero attached hydrogens (tertiary/aromatic N) is 1. The minimum absolute atomic E-state index is 0.236. The topological polar surface area (TPSA) is 61.1 Å². The molecule has 1 aliphatic carbocycles. The van der Waals surface area contributed by atoms with E-state index < -0.39 is 34.6 Å². The number of halogens is 4. The average molecular weight is 355 g/mol. The van der Waals surface area contributed by atoms with Crippen LogP contribution in [0.3, 0.4) is 0 Å². The van der Waals surface area contributed by atoms with Crippen molar-refractivity contribution in [1.82, 2.24) is 0 Å². The highest BCUT2D eigenvalue weighted by Gasteiger charge is 2.90. The predicted molar refractivity (Wildman–Crippen MR) is 82.4 cm³/mol. The molecule has 1 saturated carbocycles. The lowest BCUT2D eigenvalue weighted by atomic mass is 9.78. The number of carbonyl (C=O) groups is 1. The molecule has 25 heavy (non-hydrogen) atoms. The van der Waals surface area contributed by atoms with Crippen molar-refractivity contribution < 1.29 is 27.5 Å². The lowest BCUT2D eigenvalue weighted by molar-refractivity contribution is -0.146. The van der Waals surface area contributed by atoms with Crippen LogP contribution < -0.4 is 0 Å². The Bertz CT molecular complexity index is 761. The van der Waals surface area contributed by atoms with E-state index in [0.717, 1.165) is 5.56 Å². The molecule has 7 heteroatoms. The molecule has 0 saturated heterocycles. The van der Waals surface area contributed by atoms with Crippen LogP contribution in [0.5, 0.6) is 0 Å². The lowest BCUT2D eigenvalue weighted by Crippen LogP contribution is -2.31. The molecule has 0 radical (unpaired) electrons. The fourth-order valence-corrected chi connectivity index (χ4v) is 3.74. The van der Waals surface area contributed by atoms with Crippen molar-refractivity contribution in [2.24, 2.45) is 10.8 Å². The number of alkyl halides is 4. The van der Waals surface area contributed by atoms with E-state index in [4.69, 9.17) is 0 Å². The molecule has 1 N–H and O–H groups in total. The van der Waals surface area contributed by atoms with Crippen LogP contribution in [0.15, 0.2) is 36.4 Å². The molecule has 3 unspecified atom stereocenters. The van der Waals surface area contributed by atoms with Crippen molar-refractivity contribution in [1.29, 1.82) is 5.26 Å². The van der Waals surface area contributed by atoms with Gasteiger partial charge in [-0.05, 0) is 18.6 Å². The zero-order valence-corrected chi connectivity index (χ0v) is 13.9. The fraction of sp³-hybridized carbons (Fsp3) is 0.444. The third-order valence-corrected chi connectivity index (χ3v) is 5.22. The number of aliphatic carboxylic acids is 1. The third kappa shape index (κ3) is 2.51. The Morgan fingerprint density at radius 1 is 1.28 bits per heavy atom. The Kier molecular flexibility index (Phi) is 4.24. The highest BCUT2D eigenvalue weighted by molar-refractivity contribution is 5.87. The first-order valence-corrected chi connectivity index (χ1v) is 7.51. The first kappa shape index (κ1) is 19.0. The van der Waals surface area contributed by atoms with Gasteiger partial charge in [0.2, 0.25) is 0 Å². The average Bonchev–Trinajstić information content (AvgIpc) is 2.89. The maximum absolute atomic E-state index is 15.5. The van der Waals surface area contributed by atoms with Gasteiger partial charge in [0.15, 0.2) is 5.67 Å². The van der Waals surface area contributed by atoms with Crippen molar-refractivity contribution in [2.75, 3.05) is 0 Å². The second-order valence-corrected chi connectivity index (χ2v) is 6.80. The van der Waals surface area contributed by atoms with Crippen LogP contribution in [-0.2, 0) is 4.79 Å². The Morgan fingerprint density at radius 3 is 2.20 bits per heavy atom.